The zero-order chi connectivity index (χ0) is 21.5. The molecule has 2 aromatic carbocycles. The highest BCUT2D eigenvalue weighted by Gasteiger charge is 2.10. The number of nitrogens with zero attached hydrogens (tertiary/aromatic N) is 3. The van der Waals surface area contributed by atoms with Crippen LogP contribution in [0.4, 0.5) is 0 Å². The Morgan fingerprint density at radius 1 is 1.03 bits per heavy atom. The summed E-state index contributed by atoms with van der Waals surface area (Å²) in [5.74, 6) is 0.657. The second-order valence-electron chi connectivity index (χ2n) is 5.86. The summed E-state index contributed by atoms with van der Waals surface area (Å²) in [5, 5.41) is 14.0. The van der Waals surface area contributed by atoms with Crippen LogP contribution in [0.2, 0.25) is 15.1 Å². The van der Waals surface area contributed by atoms with E-state index in [-0.39, 0.29) is 11.7 Å². The van der Waals surface area contributed by atoms with E-state index in [0.29, 0.717) is 21.5 Å². The van der Waals surface area contributed by atoms with E-state index >= 15 is 0 Å². The standard InChI is InChI=1S/C19H15Cl3N4OS3/c1-11(12-6-7-15(21)16(22)8-12)23-24-17(27)10-29-19-26-25-18(30-19)28-9-13-4-2-3-5-14(13)20/h2-8H,9-10H2,1H3,(H,24,27)/b23-11+. The van der Waals surface area contributed by atoms with Crippen LogP contribution >= 0.6 is 69.7 Å². The molecule has 0 spiro atoms. The Balaban J connectivity index is 1.47. The van der Waals surface area contributed by atoms with Gasteiger partial charge in [-0.15, -0.1) is 10.2 Å². The van der Waals surface area contributed by atoms with E-state index in [1.165, 1.54) is 23.1 Å². The highest BCUT2D eigenvalue weighted by Crippen LogP contribution is 2.32. The van der Waals surface area contributed by atoms with Gasteiger partial charge < -0.3 is 0 Å². The van der Waals surface area contributed by atoms with Gasteiger partial charge in [0.05, 0.1) is 21.5 Å². The third-order valence-corrected chi connectivity index (χ3v) is 8.06. The fraction of sp³-hybridized carbons (Fsp3) is 0.158. The molecule has 1 heterocycles. The maximum atomic E-state index is 12.1. The molecule has 0 fully saturated rings. The summed E-state index contributed by atoms with van der Waals surface area (Å²) in [7, 11) is 0. The number of halogens is 3. The lowest BCUT2D eigenvalue weighted by atomic mass is 10.1. The molecule has 0 aliphatic heterocycles. The third-order valence-electron chi connectivity index (χ3n) is 3.71. The summed E-state index contributed by atoms with van der Waals surface area (Å²) in [6.07, 6.45) is 0. The molecule has 0 radical (unpaired) electrons. The summed E-state index contributed by atoms with van der Waals surface area (Å²) in [6.45, 7) is 1.78. The Labute approximate surface area is 201 Å². The maximum absolute atomic E-state index is 12.1. The smallest absolute Gasteiger partial charge is 0.250 e. The van der Waals surface area contributed by atoms with Crippen molar-refractivity contribution in [2.24, 2.45) is 5.10 Å². The third kappa shape index (κ3) is 6.87. The molecule has 30 heavy (non-hydrogen) atoms. The fourth-order valence-electron chi connectivity index (χ4n) is 2.16. The van der Waals surface area contributed by atoms with Crippen LogP contribution in [0.5, 0.6) is 0 Å². The predicted molar refractivity (Wildman–Crippen MR) is 128 cm³/mol. The molecule has 0 bridgehead atoms. The minimum Gasteiger partial charge on any atom is -0.272 e. The number of hydrogen-bond donors (Lipinski definition) is 1. The Morgan fingerprint density at radius 3 is 2.50 bits per heavy atom. The van der Waals surface area contributed by atoms with E-state index in [9.17, 15) is 4.79 Å². The number of benzene rings is 2. The molecule has 5 nitrogen and oxygen atoms in total. The summed E-state index contributed by atoms with van der Waals surface area (Å²) in [6, 6.07) is 12.9. The van der Waals surface area contributed by atoms with Gasteiger partial charge in [0, 0.05) is 10.8 Å². The van der Waals surface area contributed by atoms with Crippen molar-refractivity contribution < 1.29 is 4.79 Å². The molecule has 156 valence electrons. The SMILES string of the molecule is C/C(=N\NC(=O)CSc1nnc(SCc2ccccc2Cl)s1)c1ccc(Cl)c(Cl)c1. The Morgan fingerprint density at radius 2 is 1.77 bits per heavy atom. The monoisotopic (exact) mass is 516 g/mol. The van der Waals surface area contributed by atoms with Gasteiger partial charge in [0.25, 0.3) is 5.91 Å². The topological polar surface area (TPSA) is 67.2 Å². The number of hydrazone groups is 1. The molecule has 3 aromatic rings. The van der Waals surface area contributed by atoms with Crippen molar-refractivity contribution in [3.8, 4) is 0 Å². The Hall–Kier alpha value is -1.29. The number of carbonyl (C=O) groups excluding carboxylic acids is 1. The number of thioether (sulfide) groups is 2. The molecule has 1 aromatic heterocycles. The first kappa shape index (κ1) is 23.4. The van der Waals surface area contributed by atoms with E-state index < -0.39 is 0 Å². The van der Waals surface area contributed by atoms with Gasteiger partial charge in [-0.2, -0.15) is 5.10 Å². The lowest BCUT2D eigenvalue weighted by Crippen LogP contribution is -2.21. The van der Waals surface area contributed by atoms with Crippen LogP contribution < -0.4 is 5.43 Å². The first-order valence-corrected chi connectivity index (χ1v) is 12.5. The van der Waals surface area contributed by atoms with Crippen molar-refractivity contribution in [1.29, 1.82) is 0 Å². The van der Waals surface area contributed by atoms with Gasteiger partial charge in [-0.3, -0.25) is 4.79 Å². The van der Waals surface area contributed by atoms with Gasteiger partial charge >= 0.3 is 0 Å². The molecule has 0 unspecified atom stereocenters. The summed E-state index contributed by atoms with van der Waals surface area (Å²) in [4.78, 5) is 12.1. The fourth-order valence-corrected chi connectivity index (χ4v) is 5.56. The second kappa shape index (κ2) is 11.4. The van der Waals surface area contributed by atoms with E-state index in [4.69, 9.17) is 34.8 Å². The van der Waals surface area contributed by atoms with Crippen LogP contribution in [0.15, 0.2) is 56.2 Å². The van der Waals surface area contributed by atoms with Gasteiger partial charge in [0.2, 0.25) is 0 Å². The molecule has 0 aliphatic carbocycles. The zero-order valence-electron chi connectivity index (χ0n) is 15.6. The average Bonchev–Trinajstić information content (AvgIpc) is 3.19. The lowest BCUT2D eigenvalue weighted by molar-refractivity contribution is -0.118. The minimum atomic E-state index is -0.236. The number of nitrogens with one attached hydrogen (secondary N) is 1. The Kier molecular flexibility index (Phi) is 8.85. The zero-order valence-corrected chi connectivity index (χ0v) is 20.3. The normalized spacial score (nSPS) is 11.5. The van der Waals surface area contributed by atoms with Crippen molar-refractivity contribution >= 4 is 81.3 Å². The molecular formula is C19H15Cl3N4OS3. The molecule has 11 heteroatoms. The van der Waals surface area contributed by atoms with E-state index in [0.717, 1.165) is 24.8 Å². The van der Waals surface area contributed by atoms with Crippen LogP contribution in [0.1, 0.15) is 18.1 Å². The van der Waals surface area contributed by atoms with Gasteiger partial charge in [0.1, 0.15) is 0 Å². The molecule has 1 N–H and O–H groups in total. The molecule has 0 saturated carbocycles. The van der Waals surface area contributed by atoms with Gasteiger partial charge in [-0.05, 0) is 36.2 Å². The van der Waals surface area contributed by atoms with Crippen molar-refractivity contribution in [3.05, 3.63) is 68.7 Å². The van der Waals surface area contributed by atoms with Crippen LogP contribution in [0.3, 0.4) is 0 Å². The van der Waals surface area contributed by atoms with Crippen LogP contribution in [0.25, 0.3) is 0 Å². The molecule has 0 saturated heterocycles. The van der Waals surface area contributed by atoms with Gasteiger partial charge in [0.15, 0.2) is 8.68 Å². The van der Waals surface area contributed by atoms with E-state index in [2.05, 4.69) is 20.7 Å². The molecule has 1 amide bonds. The quantitative estimate of drug-likeness (QED) is 0.212. The summed E-state index contributed by atoms with van der Waals surface area (Å²) >= 11 is 22.4. The summed E-state index contributed by atoms with van der Waals surface area (Å²) in [5.41, 5.74) is 4.98. The summed E-state index contributed by atoms with van der Waals surface area (Å²) < 4.78 is 1.54. The van der Waals surface area contributed by atoms with Crippen LogP contribution in [0, 0.1) is 0 Å². The van der Waals surface area contributed by atoms with Crippen molar-refractivity contribution in [1.82, 2.24) is 15.6 Å². The highest BCUT2D eigenvalue weighted by atomic mass is 35.5. The number of aromatic nitrogens is 2. The number of rotatable bonds is 8. The number of hydrogen-bond acceptors (Lipinski definition) is 7. The molecule has 3 rings (SSSR count). The largest absolute Gasteiger partial charge is 0.272 e. The predicted octanol–water partition coefficient (Wildman–Crippen LogP) is 6.42. The molecule has 0 aliphatic rings. The highest BCUT2D eigenvalue weighted by molar-refractivity contribution is 8.03. The van der Waals surface area contributed by atoms with Gasteiger partial charge in [-0.1, -0.05) is 93.9 Å². The van der Waals surface area contributed by atoms with Crippen molar-refractivity contribution in [3.63, 3.8) is 0 Å². The van der Waals surface area contributed by atoms with Crippen molar-refractivity contribution in [2.75, 3.05) is 5.75 Å². The first-order valence-electron chi connectivity index (χ1n) is 8.53. The lowest BCUT2D eigenvalue weighted by Gasteiger charge is -2.04. The molecule has 0 atom stereocenters. The number of carbonyl (C=O) groups is 1. The maximum Gasteiger partial charge on any atom is 0.250 e. The van der Waals surface area contributed by atoms with E-state index in [1.807, 2.05) is 24.3 Å². The average molecular weight is 518 g/mol. The van der Waals surface area contributed by atoms with E-state index in [1.54, 1.807) is 36.9 Å². The van der Waals surface area contributed by atoms with Crippen LogP contribution in [-0.2, 0) is 10.5 Å². The van der Waals surface area contributed by atoms with Crippen LogP contribution in [-0.4, -0.2) is 27.6 Å². The van der Waals surface area contributed by atoms with Gasteiger partial charge in [-0.25, -0.2) is 5.43 Å². The second-order valence-corrected chi connectivity index (χ2v) is 10.5. The first-order chi connectivity index (χ1) is 14.4. The Bertz CT molecular complexity index is 1070. The van der Waals surface area contributed by atoms with Crippen molar-refractivity contribution in [2.45, 2.75) is 21.4 Å². The molecular weight excluding hydrogens is 503 g/mol. The minimum absolute atomic E-state index is 0.183. The number of amides is 1.